The summed E-state index contributed by atoms with van der Waals surface area (Å²) in [5.41, 5.74) is 0.993. The highest BCUT2D eigenvalue weighted by molar-refractivity contribution is 7.94. The summed E-state index contributed by atoms with van der Waals surface area (Å²) in [5, 5.41) is 9.76. The number of aliphatic hydroxyl groups excluding tert-OH is 1. The van der Waals surface area contributed by atoms with Crippen LogP contribution in [0.5, 0.6) is 0 Å². The van der Waals surface area contributed by atoms with E-state index in [0.29, 0.717) is 9.90 Å². The Labute approximate surface area is 131 Å². The number of nitrogens with one attached hydrogen (secondary N) is 1. The fourth-order valence-electron chi connectivity index (χ4n) is 1.55. The van der Waals surface area contributed by atoms with Crippen molar-refractivity contribution in [3.63, 3.8) is 0 Å². The van der Waals surface area contributed by atoms with Crippen LogP contribution in [0.4, 0.5) is 5.69 Å². The van der Waals surface area contributed by atoms with E-state index in [1.165, 1.54) is 18.2 Å². The molecule has 0 unspecified atom stereocenters. The zero-order valence-corrected chi connectivity index (χ0v) is 13.5. The lowest BCUT2D eigenvalue weighted by Crippen LogP contribution is -2.11. The van der Waals surface area contributed by atoms with Crippen molar-refractivity contribution < 1.29 is 13.5 Å². The van der Waals surface area contributed by atoms with Crippen LogP contribution in [0, 0.1) is 6.92 Å². The fourth-order valence-corrected chi connectivity index (χ4v) is 4.59. The van der Waals surface area contributed by atoms with Crippen molar-refractivity contribution in [1.82, 2.24) is 0 Å². The fraction of sp³-hybridized carbons (Fsp3) is 0.167. The zero-order chi connectivity index (χ0) is 14.9. The summed E-state index contributed by atoms with van der Waals surface area (Å²) in [7, 11) is -3.73. The third-order valence-electron chi connectivity index (χ3n) is 2.58. The maximum absolute atomic E-state index is 12.2. The quantitative estimate of drug-likeness (QED) is 0.883. The minimum atomic E-state index is -3.73. The Morgan fingerprint density at radius 3 is 2.55 bits per heavy atom. The van der Waals surface area contributed by atoms with Crippen molar-refractivity contribution in [1.29, 1.82) is 0 Å². The van der Waals surface area contributed by atoms with Crippen molar-refractivity contribution in [2.24, 2.45) is 0 Å². The van der Waals surface area contributed by atoms with Gasteiger partial charge in [0.2, 0.25) is 0 Å². The van der Waals surface area contributed by atoms with E-state index in [4.69, 9.17) is 28.3 Å². The number of thiophene rings is 1. The van der Waals surface area contributed by atoms with Gasteiger partial charge in [0.05, 0.1) is 17.3 Å². The van der Waals surface area contributed by atoms with E-state index < -0.39 is 10.0 Å². The molecule has 0 aliphatic rings. The third kappa shape index (κ3) is 3.27. The smallest absolute Gasteiger partial charge is 0.271 e. The number of benzene rings is 1. The van der Waals surface area contributed by atoms with E-state index in [2.05, 4.69) is 4.72 Å². The van der Waals surface area contributed by atoms with Crippen molar-refractivity contribution in [3.8, 4) is 0 Å². The molecule has 1 heterocycles. The summed E-state index contributed by atoms with van der Waals surface area (Å²) in [6.45, 7) is 1.56. The van der Waals surface area contributed by atoms with Gasteiger partial charge < -0.3 is 5.11 Å². The molecule has 0 amide bonds. The SMILES string of the molecule is Cc1cc(S(=O)(=O)Nc2ccc(Cl)cc2Cl)sc1CO. The number of anilines is 1. The molecule has 2 aromatic rings. The van der Waals surface area contributed by atoms with Crippen LogP contribution in [-0.2, 0) is 16.6 Å². The second-order valence-corrected chi connectivity index (χ2v) is 7.95. The number of aryl methyl sites for hydroxylation is 1. The molecule has 8 heteroatoms. The zero-order valence-electron chi connectivity index (χ0n) is 10.4. The molecule has 4 nitrogen and oxygen atoms in total. The lowest BCUT2D eigenvalue weighted by atomic mass is 10.3. The first-order valence-electron chi connectivity index (χ1n) is 5.51. The van der Waals surface area contributed by atoms with Crippen LogP contribution < -0.4 is 4.72 Å². The maximum atomic E-state index is 12.2. The molecular weight excluding hydrogens is 341 g/mol. The molecule has 0 saturated heterocycles. The lowest BCUT2D eigenvalue weighted by molar-refractivity contribution is 0.285. The first-order valence-corrected chi connectivity index (χ1v) is 8.57. The van der Waals surface area contributed by atoms with Crippen LogP contribution in [0.25, 0.3) is 0 Å². The average Bonchev–Trinajstić information content (AvgIpc) is 2.75. The first kappa shape index (κ1) is 15.6. The van der Waals surface area contributed by atoms with Crippen LogP contribution in [0.3, 0.4) is 0 Å². The molecule has 1 aromatic carbocycles. The van der Waals surface area contributed by atoms with Gasteiger partial charge >= 0.3 is 0 Å². The van der Waals surface area contributed by atoms with Crippen molar-refractivity contribution in [2.45, 2.75) is 17.7 Å². The molecule has 0 saturated carbocycles. The summed E-state index contributed by atoms with van der Waals surface area (Å²) in [5.74, 6) is 0. The van der Waals surface area contributed by atoms with Crippen molar-refractivity contribution in [3.05, 3.63) is 44.8 Å². The normalized spacial score (nSPS) is 11.6. The topological polar surface area (TPSA) is 66.4 Å². The summed E-state index contributed by atoms with van der Waals surface area (Å²) >= 11 is 12.7. The van der Waals surface area contributed by atoms with E-state index >= 15 is 0 Å². The number of sulfonamides is 1. The van der Waals surface area contributed by atoms with Gasteiger partial charge in [-0.1, -0.05) is 23.2 Å². The van der Waals surface area contributed by atoms with Crippen molar-refractivity contribution >= 4 is 50.2 Å². The highest BCUT2D eigenvalue weighted by atomic mass is 35.5. The van der Waals surface area contributed by atoms with Gasteiger partial charge in [0.25, 0.3) is 10.0 Å². The molecule has 2 N–H and O–H groups in total. The molecule has 0 aliphatic carbocycles. The third-order valence-corrected chi connectivity index (χ3v) is 6.19. The van der Waals surface area contributed by atoms with Gasteiger partial charge in [-0.25, -0.2) is 8.42 Å². The molecule has 0 radical (unpaired) electrons. The molecule has 0 bridgehead atoms. The van der Waals surface area contributed by atoms with Gasteiger partial charge in [-0.3, -0.25) is 4.72 Å². The number of halogens is 2. The Hall–Kier alpha value is -0.790. The van der Waals surface area contributed by atoms with E-state index in [1.807, 2.05) is 0 Å². The molecule has 0 fully saturated rings. The summed E-state index contributed by atoms with van der Waals surface area (Å²) in [4.78, 5) is 0.618. The van der Waals surface area contributed by atoms with E-state index in [1.54, 1.807) is 13.0 Å². The predicted octanol–water partition coefficient (Wildman–Crippen LogP) is 3.66. The molecule has 108 valence electrons. The molecule has 0 atom stereocenters. The minimum absolute atomic E-state index is 0.130. The molecular formula is C12H11Cl2NO3S2. The van der Waals surface area contributed by atoms with Gasteiger partial charge in [-0.2, -0.15) is 0 Å². The minimum Gasteiger partial charge on any atom is -0.391 e. The summed E-state index contributed by atoms with van der Waals surface area (Å²) < 4.78 is 27.0. The van der Waals surface area contributed by atoms with Crippen LogP contribution in [0.1, 0.15) is 10.4 Å². The highest BCUT2D eigenvalue weighted by Gasteiger charge is 2.20. The number of hydrogen-bond donors (Lipinski definition) is 2. The van der Waals surface area contributed by atoms with Crippen LogP contribution in [-0.4, -0.2) is 13.5 Å². The Balaban J connectivity index is 2.35. The number of rotatable bonds is 4. The lowest BCUT2D eigenvalue weighted by Gasteiger charge is -2.08. The Kier molecular flexibility index (Phi) is 4.61. The molecule has 20 heavy (non-hydrogen) atoms. The van der Waals surface area contributed by atoms with Gasteiger partial charge in [0.1, 0.15) is 4.21 Å². The van der Waals surface area contributed by atoms with E-state index in [9.17, 15) is 8.42 Å². The van der Waals surface area contributed by atoms with Crippen molar-refractivity contribution in [2.75, 3.05) is 4.72 Å². The molecule has 0 aliphatic heterocycles. The monoisotopic (exact) mass is 351 g/mol. The standard InChI is InChI=1S/C12H11Cl2NO3S2/c1-7-4-12(19-11(7)6-16)20(17,18)15-10-3-2-8(13)5-9(10)14/h2-5,15-16H,6H2,1H3. The Morgan fingerprint density at radius 2 is 2.00 bits per heavy atom. The second-order valence-electron chi connectivity index (χ2n) is 4.06. The van der Waals surface area contributed by atoms with Crippen LogP contribution in [0.15, 0.2) is 28.5 Å². The highest BCUT2D eigenvalue weighted by Crippen LogP contribution is 2.31. The summed E-state index contributed by atoms with van der Waals surface area (Å²) in [6.07, 6.45) is 0. The first-order chi connectivity index (χ1) is 9.33. The number of hydrogen-bond acceptors (Lipinski definition) is 4. The Morgan fingerprint density at radius 1 is 1.30 bits per heavy atom. The molecule has 0 spiro atoms. The number of aliphatic hydroxyl groups is 1. The van der Waals surface area contributed by atoms with Crippen LogP contribution in [0.2, 0.25) is 10.0 Å². The van der Waals surface area contributed by atoms with E-state index in [-0.39, 0.29) is 21.5 Å². The Bertz CT molecular complexity index is 741. The van der Waals surface area contributed by atoms with Gasteiger partial charge in [-0.05, 0) is 36.8 Å². The molecule has 2 rings (SSSR count). The molecule has 1 aromatic heterocycles. The second kappa shape index (κ2) is 5.91. The predicted molar refractivity (Wildman–Crippen MR) is 82.2 cm³/mol. The summed E-state index contributed by atoms with van der Waals surface area (Å²) in [6, 6.07) is 6.02. The average molecular weight is 352 g/mol. The van der Waals surface area contributed by atoms with Crippen LogP contribution >= 0.6 is 34.5 Å². The van der Waals surface area contributed by atoms with Gasteiger partial charge in [0, 0.05) is 9.90 Å². The maximum Gasteiger partial charge on any atom is 0.271 e. The van der Waals surface area contributed by atoms with E-state index in [0.717, 1.165) is 16.9 Å². The van der Waals surface area contributed by atoms with Gasteiger partial charge in [0.15, 0.2) is 0 Å². The van der Waals surface area contributed by atoms with Gasteiger partial charge in [-0.15, -0.1) is 11.3 Å². The largest absolute Gasteiger partial charge is 0.391 e.